The van der Waals surface area contributed by atoms with Gasteiger partial charge in [-0.25, -0.2) is 4.98 Å². The number of nitrogens with zero attached hydrogens (tertiary/aromatic N) is 1. The molecule has 1 nitrogen and oxygen atoms in total. The lowest BCUT2D eigenvalue weighted by molar-refractivity contribution is 1.43. The zero-order valence-electron chi connectivity index (χ0n) is 17.0. The molecule has 0 bridgehead atoms. The SMILES string of the molecule is Brc1ccc2cc(-c3nc4ccccc4c4c3ccc3c5ccccc5sc34)ccc2c1. The second-order valence-electron chi connectivity index (χ2n) is 8.15. The summed E-state index contributed by atoms with van der Waals surface area (Å²) >= 11 is 5.46. The van der Waals surface area contributed by atoms with Crippen molar-refractivity contribution in [1.29, 1.82) is 0 Å². The smallest absolute Gasteiger partial charge is 0.0788 e. The molecule has 150 valence electrons. The van der Waals surface area contributed by atoms with Crippen LogP contribution in [0.4, 0.5) is 0 Å². The second kappa shape index (κ2) is 6.86. The van der Waals surface area contributed by atoms with E-state index in [1.54, 1.807) is 0 Å². The highest BCUT2D eigenvalue weighted by Crippen LogP contribution is 2.43. The molecule has 0 radical (unpaired) electrons. The van der Waals surface area contributed by atoms with Gasteiger partial charge < -0.3 is 0 Å². The number of fused-ring (bicyclic) bond motifs is 8. The number of para-hydroxylation sites is 1. The van der Waals surface area contributed by atoms with Gasteiger partial charge in [0.1, 0.15) is 0 Å². The minimum atomic E-state index is 1.04. The molecule has 0 unspecified atom stereocenters. The summed E-state index contributed by atoms with van der Waals surface area (Å²) in [4.78, 5) is 5.15. The fraction of sp³-hybridized carbons (Fsp3) is 0. The zero-order chi connectivity index (χ0) is 21.2. The van der Waals surface area contributed by atoms with Gasteiger partial charge in [-0.2, -0.15) is 0 Å². The highest BCUT2D eigenvalue weighted by Gasteiger charge is 2.16. The van der Waals surface area contributed by atoms with Crippen LogP contribution in [0, 0.1) is 0 Å². The molecule has 3 heteroatoms. The van der Waals surface area contributed by atoms with E-state index in [0.29, 0.717) is 0 Å². The molecule has 0 atom stereocenters. The van der Waals surface area contributed by atoms with E-state index in [1.807, 2.05) is 11.3 Å². The number of hydrogen-bond acceptors (Lipinski definition) is 2. The molecule has 0 saturated heterocycles. The van der Waals surface area contributed by atoms with Crippen molar-refractivity contribution < 1.29 is 0 Å². The first-order valence-electron chi connectivity index (χ1n) is 10.6. The van der Waals surface area contributed by atoms with Gasteiger partial charge in [-0.1, -0.05) is 82.7 Å². The Labute approximate surface area is 197 Å². The Hall–Kier alpha value is -3.27. The van der Waals surface area contributed by atoms with Gasteiger partial charge in [-0.3, -0.25) is 0 Å². The van der Waals surface area contributed by atoms with Gasteiger partial charge in [0, 0.05) is 46.4 Å². The third-order valence-corrected chi connectivity index (χ3v) is 7.98. The van der Waals surface area contributed by atoms with Gasteiger partial charge in [0.2, 0.25) is 0 Å². The lowest BCUT2D eigenvalue weighted by Crippen LogP contribution is -1.90. The van der Waals surface area contributed by atoms with Crippen LogP contribution in [0.5, 0.6) is 0 Å². The molecule has 0 N–H and O–H groups in total. The Kier molecular flexibility index (Phi) is 3.93. The molecular weight excluding hydrogens is 474 g/mol. The van der Waals surface area contributed by atoms with Gasteiger partial charge in [0.25, 0.3) is 0 Å². The molecule has 0 aliphatic rings. The lowest BCUT2D eigenvalue weighted by Gasteiger charge is -2.12. The van der Waals surface area contributed by atoms with Crippen LogP contribution in [-0.2, 0) is 0 Å². The van der Waals surface area contributed by atoms with Crippen molar-refractivity contribution in [3.8, 4) is 11.3 Å². The maximum absolute atomic E-state index is 5.15. The molecule has 5 aromatic carbocycles. The van der Waals surface area contributed by atoms with E-state index >= 15 is 0 Å². The van der Waals surface area contributed by atoms with Crippen LogP contribution < -0.4 is 0 Å². The third kappa shape index (κ3) is 2.65. The van der Waals surface area contributed by atoms with E-state index in [2.05, 4.69) is 113 Å². The number of hydrogen-bond donors (Lipinski definition) is 0. The van der Waals surface area contributed by atoms with E-state index in [9.17, 15) is 0 Å². The monoisotopic (exact) mass is 489 g/mol. The summed E-state index contributed by atoms with van der Waals surface area (Å²) in [5.41, 5.74) is 3.23. The fourth-order valence-corrected chi connectivity index (χ4v) is 6.44. The quantitative estimate of drug-likeness (QED) is 0.209. The largest absolute Gasteiger partial charge is 0.247 e. The fourth-order valence-electron chi connectivity index (χ4n) is 4.80. The highest BCUT2D eigenvalue weighted by atomic mass is 79.9. The second-order valence-corrected chi connectivity index (χ2v) is 10.1. The van der Waals surface area contributed by atoms with Crippen molar-refractivity contribution in [1.82, 2.24) is 4.98 Å². The Morgan fingerprint density at radius 1 is 0.625 bits per heavy atom. The van der Waals surface area contributed by atoms with Crippen molar-refractivity contribution in [2.45, 2.75) is 0 Å². The van der Waals surface area contributed by atoms with Crippen LogP contribution in [0.3, 0.4) is 0 Å². The van der Waals surface area contributed by atoms with Gasteiger partial charge in [0.15, 0.2) is 0 Å². The number of thiophene rings is 1. The van der Waals surface area contributed by atoms with Crippen molar-refractivity contribution in [2.75, 3.05) is 0 Å². The highest BCUT2D eigenvalue weighted by molar-refractivity contribution is 9.10. The van der Waals surface area contributed by atoms with Gasteiger partial charge in [0.05, 0.1) is 11.2 Å². The third-order valence-electron chi connectivity index (χ3n) is 6.28. The molecule has 0 aliphatic carbocycles. The lowest BCUT2D eigenvalue weighted by atomic mass is 9.97. The standard InChI is InChI=1S/C29H16BrNS/c30-20-12-11-17-15-19(10-9-18(17)16-20)28-24-14-13-22-21-5-2-4-8-26(21)32-29(22)27(24)23-6-1-3-7-25(23)31-28/h1-16H. The number of rotatable bonds is 1. The minimum absolute atomic E-state index is 1.04. The van der Waals surface area contributed by atoms with Crippen LogP contribution in [0.25, 0.3) is 63.9 Å². The summed E-state index contributed by atoms with van der Waals surface area (Å²) in [6.07, 6.45) is 0. The summed E-state index contributed by atoms with van der Waals surface area (Å²) in [6.45, 7) is 0. The van der Waals surface area contributed by atoms with Gasteiger partial charge in [-0.15, -0.1) is 11.3 Å². The average molecular weight is 490 g/mol. The Balaban J connectivity index is 1.64. The number of aromatic nitrogens is 1. The van der Waals surface area contributed by atoms with Crippen LogP contribution in [-0.4, -0.2) is 4.98 Å². The van der Waals surface area contributed by atoms with E-state index in [1.165, 1.54) is 47.1 Å². The first-order valence-corrected chi connectivity index (χ1v) is 12.2. The summed E-state index contributed by atoms with van der Waals surface area (Å²) in [6, 6.07) is 34.8. The van der Waals surface area contributed by atoms with Crippen LogP contribution in [0.15, 0.2) is 102 Å². The van der Waals surface area contributed by atoms with Gasteiger partial charge in [-0.05, 0) is 41.1 Å². The number of pyridine rings is 1. The van der Waals surface area contributed by atoms with Crippen molar-refractivity contribution in [2.24, 2.45) is 0 Å². The van der Waals surface area contributed by atoms with Crippen LogP contribution >= 0.6 is 27.3 Å². The molecule has 7 aromatic rings. The summed E-state index contributed by atoms with van der Waals surface area (Å²) in [5, 5.41) is 8.82. The number of benzene rings is 5. The number of halogens is 1. The van der Waals surface area contributed by atoms with Gasteiger partial charge >= 0.3 is 0 Å². The van der Waals surface area contributed by atoms with E-state index in [-0.39, 0.29) is 0 Å². The van der Waals surface area contributed by atoms with Crippen LogP contribution in [0.1, 0.15) is 0 Å². The van der Waals surface area contributed by atoms with Crippen molar-refractivity contribution >= 4 is 79.9 Å². The van der Waals surface area contributed by atoms with Crippen molar-refractivity contribution in [3.63, 3.8) is 0 Å². The predicted octanol–water partition coefficient (Wildman–Crippen LogP) is 9.34. The van der Waals surface area contributed by atoms with E-state index in [4.69, 9.17) is 4.98 Å². The molecule has 0 spiro atoms. The van der Waals surface area contributed by atoms with Crippen LogP contribution in [0.2, 0.25) is 0 Å². The molecule has 7 rings (SSSR count). The molecular formula is C29H16BrNS. The first-order chi connectivity index (χ1) is 15.8. The predicted molar refractivity (Wildman–Crippen MR) is 143 cm³/mol. The molecule has 2 heterocycles. The van der Waals surface area contributed by atoms with E-state index < -0.39 is 0 Å². The first kappa shape index (κ1) is 18.3. The maximum atomic E-state index is 5.15. The maximum Gasteiger partial charge on any atom is 0.0788 e. The topological polar surface area (TPSA) is 12.9 Å². The van der Waals surface area contributed by atoms with Crippen molar-refractivity contribution in [3.05, 3.63) is 102 Å². The molecule has 32 heavy (non-hydrogen) atoms. The average Bonchev–Trinajstić information content (AvgIpc) is 3.22. The van der Waals surface area contributed by atoms with E-state index in [0.717, 1.165) is 21.2 Å². The molecule has 2 aromatic heterocycles. The molecule has 0 amide bonds. The Morgan fingerprint density at radius 2 is 1.38 bits per heavy atom. The zero-order valence-corrected chi connectivity index (χ0v) is 19.4. The molecule has 0 saturated carbocycles. The normalized spacial score (nSPS) is 11.9. The molecule has 0 fully saturated rings. The minimum Gasteiger partial charge on any atom is -0.247 e. The molecule has 0 aliphatic heterocycles. The summed E-state index contributed by atoms with van der Waals surface area (Å²) in [5.74, 6) is 0. The Morgan fingerprint density at radius 3 is 2.31 bits per heavy atom. The summed E-state index contributed by atoms with van der Waals surface area (Å²) in [7, 11) is 0. The Bertz CT molecular complexity index is 1850. The summed E-state index contributed by atoms with van der Waals surface area (Å²) < 4.78 is 3.76.